The number of benzene rings is 1. The lowest BCUT2D eigenvalue weighted by Gasteiger charge is -2.25. The molecule has 0 fully saturated rings. The van der Waals surface area contributed by atoms with Gasteiger partial charge in [-0.3, -0.25) is 9.59 Å². The van der Waals surface area contributed by atoms with Crippen molar-refractivity contribution in [3.05, 3.63) is 93.8 Å². The second kappa shape index (κ2) is 6.65. The van der Waals surface area contributed by atoms with Gasteiger partial charge >= 0.3 is 0 Å². The number of carbonyl (C=O) groups is 2. The summed E-state index contributed by atoms with van der Waals surface area (Å²) >= 11 is 1.28. The van der Waals surface area contributed by atoms with Crippen molar-refractivity contribution in [1.29, 1.82) is 0 Å². The predicted molar refractivity (Wildman–Crippen MR) is 96.7 cm³/mol. The Hall–Kier alpha value is -3.12. The topological polar surface area (TPSA) is 70.8 Å². The molecule has 0 radical (unpaired) electrons. The minimum atomic E-state index is -0.664. The van der Waals surface area contributed by atoms with Crippen LogP contribution in [0.4, 0.5) is 0 Å². The van der Waals surface area contributed by atoms with Crippen molar-refractivity contribution in [2.45, 2.75) is 12.6 Å². The maximum atomic E-state index is 13.0. The number of thiophene rings is 1. The average molecular weight is 365 g/mol. The Bertz CT molecular complexity index is 959. The van der Waals surface area contributed by atoms with E-state index in [9.17, 15) is 14.7 Å². The first-order valence-corrected chi connectivity index (χ1v) is 8.94. The van der Waals surface area contributed by atoms with Gasteiger partial charge in [-0.25, -0.2) is 0 Å². The van der Waals surface area contributed by atoms with E-state index in [-0.39, 0.29) is 17.9 Å². The van der Waals surface area contributed by atoms with Gasteiger partial charge in [-0.1, -0.05) is 36.4 Å². The zero-order valence-corrected chi connectivity index (χ0v) is 14.5. The van der Waals surface area contributed by atoms with E-state index in [1.54, 1.807) is 29.6 Å². The van der Waals surface area contributed by atoms with Gasteiger partial charge in [0.05, 0.1) is 29.3 Å². The molecular weight excluding hydrogens is 350 g/mol. The highest BCUT2D eigenvalue weighted by molar-refractivity contribution is 7.12. The Kier molecular flexibility index (Phi) is 4.18. The minimum Gasteiger partial charge on any atom is -0.503 e. The highest BCUT2D eigenvalue weighted by Gasteiger charge is 2.44. The molecule has 3 heterocycles. The van der Waals surface area contributed by atoms with Gasteiger partial charge in [0.25, 0.3) is 5.91 Å². The predicted octanol–water partition coefficient (Wildman–Crippen LogP) is 4.12. The molecule has 1 N–H and O–H groups in total. The summed E-state index contributed by atoms with van der Waals surface area (Å²) in [6.45, 7) is 0.163. The molecule has 0 spiro atoms. The Labute approximate surface area is 153 Å². The summed E-state index contributed by atoms with van der Waals surface area (Å²) in [7, 11) is 0. The van der Waals surface area contributed by atoms with Gasteiger partial charge in [0, 0.05) is 0 Å². The number of ketones is 1. The van der Waals surface area contributed by atoms with Crippen LogP contribution in [-0.2, 0) is 11.3 Å². The van der Waals surface area contributed by atoms with Crippen LogP contribution in [0.5, 0.6) is 0 Å². The van der Waals surface area contributed by atoms with Gasteiger partial charge in [0.2, 0.25) is 5.78 Å². The van der Waals surface area contributed by atoms with Crippen molar-refractivity contribution >= 4 is 23.0 Å². The van der Waals surface area contributed by atoms with E-state index in [1.165, 1.54) is 22.5 Å². The lowest BCUT2D eigenvalue weighted by molar-refractivity contribution is -0.130. The molecule has 5 nitrogen and oxygen atoms in total. The molecule has 1 aliphatic heterocycles. The summed E-state index contributed by atoms with van der Waals surface area (Å²) in [6, 6.07) is 15.5. The number of hydrogen-bond donors (Lipinski definition) is 1. The molecule has 3 aromatic rings. The molecule has 130 valence electrons. The SMILES string of the molecule is O=C(C1=C(O)C(=O)N(Cc2ccco2)[C@H]1c1ccccc1)c1cccs1. The molecule has 1 amide bonds. The van der Waals surface area contributed by atoms with Gasteiger partial charge in [0.15, 0.2) is 5.76 Å². The highest BCUT2D eigenvalue weighted by atomic mass is 32.1. The van der Waals surface area contributed by atoms with Crippen molar-refractivity contribution in [2.75, 3.05) is 0 Å². The second-order valence-electron chi connectivity index (χ2n) is 5.89. The molecular formula is C20H15NO4S. The van der Waals surface area contributed by atoms with Crippen molar-refractivity contribution in [3.63, 3.8) is 0 Å². The highest BCUT2D eigenvalue weighted by Crippen LogP contribution is 2.40. The fourth-order valence-corrected chi connectivity index (χ4v) is 3.82. The van der Waals surface area contributed by atoms with Gasteiger partial charge in [0.1, 0.15) is 5.76 Å². The molecule has 0 unspecified atom stereocenters. The molecule has 1 aromatic carbocycles. The number of aliphatic hydroxyl groups excluding tert-OH is 1. The first-order chi connectivity index (χ1) is 12.7. The number of nitrogens with zero attached hydrogens (tertiary/aromatic N) is 1. The number of Topliss-reactive ketones (excluding diaryl/α,β-unsaturated/α-hetero) is 1. The van der Waals surface area contributed by atoms with E-state index in [0.29, 0.717) is 10.6 Å². The number of carbonyl (C=O) groups excluding carboxylic acids is 2. The third kappa shape index (κ3) is 2.74. The van der Waals surface area contributed by atoms with Crippen LogP contribution in [0.15, 0.2) is 82.0 Å². The molecule has 0 bridgehead atoms. The minimum absolute atomic E-state index is 0.107. The van der Waals surface area contributed by atoms with Gasteiger partial charge in [-0.05, 0) is 29.1 Å². The quantitative estimate of drug-likeness (QED) is 0.691. The second-order valence-corrected chi connectivity index (χ2v) is 6.84. The Morgan fingerprint density at radius 2 is 1.92 bits per heavy atom. The van der Waals surface area contributed by atoms with E-state index >= 15 is 0 Å². The maximum absolute atomic E-state index is 13.0. The number of rotatable bonds is 5. The number of amides is 1. The summed E-state index contributed by atoms with van der Waals surface area (Å²) in [5.41, 5.74) is 0.867. The van der Waals surface area contributed by atoms with Crippen LogP contribution in [0, 0.1) is 0 Å². The van der Waals surface area contributed by atoms with Crippen LogP contribution >= 0.6 is 11.3 Å². The average Bonchev–Trinajstić information content (AvgIpc) is 3.40. The normalized spacial score (nSPS) is 17.2. The number of hydrogen-bond acceptors (Lipinski definition) is 5. The van der Waals surface area contributed by atoms with Crippen molar-refractivity contribution in [3.8, 4) is 0 Å². The van der Waals surface area contributed by atoms with Crippen molar-refractivity contribution < 1.29 is 19.1 Å². The van der Waals surface area contributed by atoms with Gasteiger partial charge in [-0.15, -0.1) is 11.3 Å². The first-order valence-electron chi connectivity index (χ1n) is 8.06. The molecule has 1 atom stereocenters. The Balaban J connectivity index is 1.80. The largest absolute Gasteiger partial charge is 0.503 e. The van der Waals surface area contributed by atoms with Crippen LogP contribution in [-0.4, -0.2) is 21.7 Å². The summed E-state index contributed by atoms with van der Waals surface area (Å²) in [6.07, 6.45) is 1.53. The van der Waals surface area contributed by atoms with E-state index < -0.39 is 17.7 Å². The number of furan rings is 1. The zero-order chi connectivity index (χ0) is 18.1. The van der Waals surface area contributed by atoms with Gasteiger partial charge < -0.3 is 14.4 Å². The fraction of sp³-hybridized carbons (Fsp3) is 0.100. The van der Waals surface area contributed by atoms with E-state index in [1.807, 2.05) is 30.3 Å². The molecule has 6 heteroatoms. The maximum Gasteiger partial charge on any atom is 0.290 e. The zero-order valence-electron chi connectivity index (χ0n) is 13.7. The van der Waals surface area contributed by atoms with Crippen LogP contribution in [0.2, 0.25) is 0 Å². The summed E-state index contributed by atoms with van der Waals surface area (Å²) in [5, 5.41) is 12.3. The van der Waals surface area contributed by atoms with Crippen LogP contribution in [0.25, 0.3) is 0 Å². The third-order valence-corrected chi connectivity index (χ3v) is 5.18. The third-order valence-electron chi connectivity index (χ3n) is 4.31. The molecule has 4 rings (SSSR count). The summed E-state index contributed by atoms with van der Waals surface area (Å²) in [4.78, 5) is 27.7. The lowest BCUT2D eigenvalue weighted by atomic mass is 9.95. The lowest BCUT2D eigenvalue weighted by Crippen LogP contribution is -2.30. The van der Waals surface area contributed by atoms with Crippen LogP contribution in [0.1, 0.15) is 27.0 Å². The van der Waals surface area contributed by atoms with Gasteiger partial charge in [-0.2, -0.15) is 0 Å². The summed E-state index contributed by atoms with van der Waals surface area (Å²) < 4.78 is 5.35. The first kappa shape index (κ1) is 16.4. The molecule has 0 aliphatic carbocycles. The van der Waals surface area contributed by atoms with E-state index in [2.05, 4.69) is 0 Å². The van der Waals surface area contributed by atoms with Crippen LogP contribution in [0.3, 0.4) is 0 Å². The Morgan fingerprint density at radius 1 is 1.12 bits per heavy atom. The molecule has 26 heavy (non-hydrogen) atoms. The molecule has 1 aliphatic rings. The molecule has 0 saturated carbocycles. The Morgan fingerprint density at radius 3 is 2.58 bits per heavy atom. The van der Waals surface area contributed by atoms with Crippen LogP contribution < -0.4 is 0 Å². The fourth-order valence-electron chi connectivity index (χ4n) is 3.14. The van der Waals surface area contributed by atoms with Crippen molar-refractivity contribution in [1.82, 2.24) is 4.90 Å². The van der Waals surface area contributed by atoms with E-state index in [0.717, 1.165) is 5.56 Å². The molecule has 2 aromatic heterocycles. The monoisotopic (exact) mass is 365 g/mol. The summed E-state index contributed by atoms with van der Waals surface area (Å²) in [5.74, 6) is -0.822. The number of aliphatic hydroxyl groups is 1. The smallest absolute Gasteiger partial charge is 0.290 e. The molecule has 0 saturated heterocycles. The van der Waals surface area contributed by atoms with Crippen molar-refractivity contribution in [2.24, 2.45) is 0 Å². The van der Waals surface area contributed by atoms with E-state index in [4.69, 9.17) is 4.42 Å². The standard InChI is InChI=1S/C20H15NO4S/c22-18(15-9-5-11-26-15)16-17(13-6-2-1-3-7-13)21(20(24)19(16)23)12-14-8-4-10-25-14/h1-11,17,23H,12H2/t17-/m0/s1.